The predicted octanol–water partition coefficient (Wildman–Crippen LogP) is 3.37. The number of pyridine rings is 1. The SMILES string of the molecule is CCNc1nc2ccc(S(C)(=O)=O)cc2cc1C(C)(C)C. The monoisotopic (exact) mass is 306 g/mol. The van der Waals surface area contributed by atoms with Crippen molar-refractivity contribution in [3.05, 3.63) is 29.8 Å². The van der Waals surface area contributed by atoms with Crippen LogP contribution in [-0.4, -0.2) is 26.2 Å². The topological polar surface area (TPSA) is 59.1 Å². The van der Waals surface area contributed by atoms with Gasteiger partial charge in [-0.25, -0.2) is 13.4 Å². The largest absolute Gasteiger partial charge is 0.370 e. The molecule has 0 saturated carbocycles. The van der Waals surface area contributed by atoms with Crippen molar-refractivity contribution >= 4 is 26.6 Å². The van der Waals surface area contributed by atoms with Crippen molar-refractivity contribution in [2.45, 2.75) is 38.0 Å². The van der Waals surface area contributed by atoms with Crippen molar-refractivity contribution in [2.75, 3.05) is 18.1 Å². The second kappa shape index (κ2) is 5.30. The minimum Gasteiger partial charge on any atom is -0.370 e. The van der Waals surface area contributed by atoms with E-state index in [4.69, 9.17) is 0 Å². The smallest absolute Gasteiger partial charge is 0.175 e. The molecule has 1 heterocycles. The van der Waals surface area contributed by atoms with Crippen LogP contribution < -0.4 is 5.32 Å². The van der Waals surface area contributed by atoms with Gasteiger partial charge in [0.2, 0.25) is 0 Å². The van der Waals surface area contributed by atoms with Crippen molar-refractivity contribution in [3.8, 4) is 0 Å². The van der Waals surface area contributed by atoms with Gasteiger partial charge in [0, 0.05) is 23.8 Å². The number of anilines is 1. The highest BCUT2D eigenvalue weighted by atomic mass is 32.2. The number of nitrogens with one attached hydrogen (secondary N) is 1. The molecule has 0 aliphatic rings. The lowest BCUT2D eigenvalue weighted by Crippen LogP contribution is -2.16. The Morgan fingerprint density at radius 1 is 1.19 bits per heavy atom. The molecule has 0 radical (unpaired) electrons. The van der Waals surface area contributed by atoms with Crippen LogP contribution in [0.1, 0.15) is 33.3 Å². The standard InChI is InChI=1S/C16H22N2O2S/c1-6-17-15-13(16(2,3)4)10-11-9-12(21(5,19)20)7-8-14(11)18-15/h7-10H,6H2,1-5H3,(H,17,18). The van der Waals surface area contributed by atoms with Gasteiger partial charge in [0.1, 0.15) is 5.82 Å². The zero-order chi connectivity index (χ0) is 15.8. The molecular formula is C16H22N2O2S. The van der Waals surface area contributed by atoms with Gasteiger partial charge in [0.25, 0.3) is 0 Å². The highest BCUT2D eigenvalue weighted by Gasteiger charge is 2.20. The molecule has 1 aromatic carbocycles. The van der Waals surface area contributed by atoms with Gasteiger partial charge in [0.15, 0.2) is 9.84 Å². The van der Waals surface area contributed by atoms with Crippen LogP contribution >= 0.6 is 0 Å². The summed E-state index contributed by atoms with van der Waals surface area (Å²) in [5, 5.41) is 4.14. The van der Waals surface area contributed by atoms with Gasteiger partial charge in [0.05, 0.1) is 10.4 Å². The van der Waals surface area contributed by atoms with E-state index in [1.165, 1.54) is 6.26 Å². The molecule has 0 saturated heterocycles. The van der Waals surface area contributed by atoms with E-state index in [9.17, 15) is 8.42 Å². The van der Waals surface area contributed by atoms with Crippen LogP contribution in [0.3, 0.4) is 0 Å². The Kier molecular flexibility index (Phi) is 3.97. The molecule has 5 heteroatoms. The summed E-state index contributed by atoms with van der Waals surface area (Å²) in [6.45, 7) is 9.19. The number of benzene rings is 1. The molecule has 0 fully saturated rings. The Morgan fingerprint density at radius 3 is 2.38 bits per heavy atom. The minimum atomic E-state index is -3.21. The van der Waals surface area contributed by atoms with Crippen LogP contribution in [0.4, 0.5) is 5.82 Å². The Labute approximate surface area is 126 Å². The second-order valence-corrected chi connectivity index (χ2v) is 8.31. The van der Waals surface area contributed by atoms with E-state index in [-0.39, 0.29) is 5.41 Å². The van der Waals surface area contributed by atoms with Crippen LogP contribution in [-0.2, 0) is 15.3 Å². The second-order valence-electron chi connectivity index (χ2n) is 6.29. The van der Waals surface area contributed by atoms with E-state index in [1.807, 2.05) is 13.0 Å². The van der Waals surface area contributed by atoms with Crippen molar-refractivity contribution in [3.63, 3.8) is 0 Å². The van der Waals surface area contributed by atoms with Gasteiger partial charge in [-0.3, -0.25) is 0 Å². The molecule has 0 spiro atoms. The molecule has 0 atom stereocenters. The van der Waals surface area contributed by atoms with Crippen LogP contribution in [0, 0.1) is 0 Å². The van der Waals surface area contributed by atoms with Crippen molar-refractivity contribution in [1.82, 2.24) is 4.98 Å². The van der Waals surface area contributed by atoms with Gasteiger partial charge in [-0.2, -0.15) is 0 Å². The molecule has 2 rings (SSSR count). The number of aromatic nitrogens is 1. The normalized spacial score (nSPS) is 12.6. The van der Waals surface area contributed by atoms with Crippen molar-refractivity contribution < 1.29 is 8.42 Å². The third-order valence-electron chi connectivity index (χ3n) is 3.37. The molecule has 4 nitrogen and oxygen atoms in total. The number of nitrogens with zero attached hydrogens (tertiary/aromatic N) is 1. The molecule has 2 aromatic rings. The first-order chi connectivity index (χ1) is 9.63. The van der Waals surface area contributed by atoms with E-state index >= 15 is 0 Å². The number of hydrogen-bond acceptors (Lipinski definition) is 4. The van der Waals surface area contributed by atoms with E-state index in [0.29, 0.717) is 4.90 Å². The Balaban J connectivity index is 2.73. The van der Waals surface area contributed by atoms with Crippen LogP contribution in [0.2, 0.25) is 0 Å². The Morgan fingerprint density at radius 2 is 1.86 bits per heavy atom. The third-order valence-corrected chi connectivity index (χ3v) is 4.48. The lowest BCUT2D eigenvalue weighted by Gasteiger charge is -2.23. The van der Waals surface area contributed by atoms with E-state index < -0.39 is 9.84 Å². The van der Waals surface area contributed by atoms with Gasteiger partial charge in [-0.15, -0.1) is 0 Å². The lowest BCUT2D eigenvalue weighted by molar-refractivity contribution is 0.590. The molecule has 1 N–H and O–H groups in total. The number of sulfone groups is 1. The molecule has 21 heavy (non-hydrogen) atoms. The Bertz CT molecular complexity index is 775. The van der Waals surface area contributed by atoms with Crippen LogP contribution in [0.25, 0.3) is 10.9 Å². The fourth-order valence-electron chi connectivity index (χ4n) is 2.26. The summed E-state index contributed by atoms with van der Waals surface area (Å²) in [7, 11) is -3.21. The average Bonchev–Trinajstić information content (AvgIpc) is 2.35. The molecule has 0 aliphatic heterocycles. The summed E-state index contributed by atoms with van der Waals surface area (Å²) in [4.78, 5) is 4.98. The zero-order valence-corrected chi connectivity index (χ0v) is 14.0. The maximum Gasteiger partial charge on any atom is 0.175 e. The van der Waals surface area contributed by atoms with Gasteiger partial charge < -0.3 is 5.32 Å². The third kappa shape index (κ3) is 3.35. The fraction of sp³-hybridized carbons (Fsp3) is 0.438. The summed E-state index contributed by atoms with van der Waals surface area (Å²) in [5.41, 5.74) is 1.81. The highest BCUT2D eigenvalue weighted by molar-refractivity contribution is 7.90. The first kappa shape index (κ1) is 15.8. The van der Waals surface area contributed by atoms with Gasteiger partial charge >= 0.3 is 0 Å². The summed E-state index contributed by atoms with van der Waals surface area (Å²) < 4.78 is 23.4. The van der Waals surface area contributed by atoms with Gasteiger partial charge in [-0.1, -0.05) is 20.8 Å². The fourth-order valence-corrected chi connectivity index (χ4v) is 2.92. The van der Waals surface area contributed by atoms with Crippen molar-refractivity contribution in [2.24, 2.45) is 0 Å². The summed E-state index contributed by atoms with van der Waals surface area (Å²) in [5.74, 6) is 0.865. The molecule has 0 unspecified atom stereocenters. The molecule has 0 amide bonds. The molecule has 114 valence electrons. The predicted molar refractivity (Wildman–Crippen MR) is 87.7 cm³/mol. The zero-order valence-electron chi connectivity index (χ0n) is 13.2. The number of hydrogen-bond donors (Lipinski definition) is 1. The van der Waals surface area contributed by atoms with Crippen LogP contribution in [0.15, 0.2) is 29.2 Å². The number of rotatable bonds is 3. The lowest BCUT2D eigenvalue weighted by atomic mass is 9.86. The summed E-state index contributed by atoms with van der Waals surface area (Å²) >= 11 is 0. The highest BCUT2D eigenvalue weighted by Crippen LogP contribution is 2.32. The maximum absolute atomic E-state index is 11.7. The summed E-state index contributed by atoms with van der Waals surface area (Å²) in [6.07, 6.45) is 1.22. The van der Waals surface area contributed by atoms with E-state index in [2.05, 4.69) is 31.1 Å². The summed E-state index contributed by atoms with van der Waals surface area (Å²) in [6, 6.07) is 7.10. The molecule has 0 bridgehead atoms. The maximum atomic E-state index is 11.7. The van der Waals surface area contributed by atoms with Gasteiger partial charge in [-0.05, 0) is 36.6 Å². The first-order valence-electron chi connectivity index (χ1n) is 7.02. The number of fused-ring (bicyclic) bond motifs is 1. The quantitative estimate of drug-likeness (QED) is 0.944. The van der Waals surface area contributed by atoms with E-state index in [1.54, 1.807) is 18.2 Å². The molecular weight excluding hydrogens is 284 g/mol. The minimum absolute atomic E-state index is 0.0697. The van der Waals surface area contributed by atoms with Crippen LogP contribution in [0.5, 0.6) is 0 Å². The van der Waals surface area contributed by atoms with E-state index in [0.717, 1.165) is 28.8 Å². The Hall–Kier alpha value is -1.62. The van der Waals surface area contributed by atoms with Crippen molar-refractivity contribution in [1.29, 1.82) is 0 Å². The molecule has 1 aromatic heterocycles. The first-order valence-corrected chi connectivity index (χ1v) is 8.91. The molecule has 0 aliphatic carbocycles. The average molecular weight is 306 g/mol.